The molecule has 0 saturated heterocycles. The summed E-state index contributed by atoms with van der Waals surface area (Å²) in [5.41, 5.74) is 13.9. The summed E-state index contributed by atoms with van der Waals surface area (Å²) >= 11 is 0. The summed E-state index contributed by atoms with van der Waals surface area (Å²) in [6, 6.07) is -0.613. The van der Waals surface area contributed by atoms with Crippen LogP contribution >= 0.6 is 0 Å². The molecule has 4 nitrogen and oxygen atoms in total. The van der Waals surface area contributed by atoms with E-state index in [1.807, 2.05) is 32.2 Å². The van der Waals surface area contributed by atoms with Gasteiger partial charge in [-0.05, 0) is 37.5 Å². The van der Waals surface area contributed by atoms with Gasteiger partial charge in [-0.2, -0.15) is 0 Å². The van der Waals surface area contributed by atoms with Crippen LogP contribution in [0.25, 0.3) is 6.08 Å². The van der Waals surface area contributed by atoms with Crippen LogP contribution in [0.2, 0.25) is 0 Å². The normalized spacial score (nSPS) is 13.3. The van der Waals surface area contributed by atoms with E-state index in [2.05, 4.69) is 4.98 Å². The second-order valence-electron chi connectivity index (χ2n) is 3.57. The third-order valence-corrected chi connectivity index (χ3v) is 2.43. The molecule has 0 fully saturated rings. The van der Waals surface area contributed by atoms with Gasteiger partial charge in [-0.15, -0.1) is 0 Å². The van der Waals surface area contributed by atoms with Crippen molar-refractivity contribution < 1.29 is 4.79 Å². The first-order valence-corrected chi connectivity index (χ1v) is 4.90. The number of allylic oxidation sites excluding steroid dienone is 1. The Bertz CT molecular complexity index is 379. The maximum absolute atomic E-state index is 10.8. The van der Waals surface area contributed by atoms with E-state index >= 15 is 0 Å². The fraction of sp³-hybridized carbons (Fsp3) is 0.364. The molecule has 1 rings (SSSR count). The third kappa shape index (κ3) is 2.70. The van der Waals surface area contributed by atoms with Crippen LogP contribution < -0.4 is 11.5 Å². The molecule has 0 aromatic carbocycles. The summed E-state index contributed by atoms with van der Waals surface area (Å²) in [5, 5.41) is 0. The Morgan fingerprint density at radius 3 is 2.87 bits per heavy atom. The van der Waals surface area contributed by atoms with Gasteiger partial charge in [0.25, 0.3) is 0 Å². The first kappa shape index (κ1) is 11.5. The van der Waals surface area contributed by atoms with Gasteiger partial charge >= 0.3 is 0 Å². The van der Waals surface area contributed by atoms with Gasteiger partial charge in [0.05, 0.1) is 6.04 Å². The molecule has 0 aliphatic carbocycles. The molecular formula is C11H17N3O. The summed E-state index contributed by atoms with van der Waals surface area (Å²) in [6.07, 6.45) is 6.29. The molecule has 1 amide bonds. The Balaban J connectivity index is 2.83. The predicted octanol–water partition coefficient (Wildman–Crippen LogP) is 0.711. The van der Waals surface area contributed by atoms with E-state index in [-0.39, 0.29) is 0 Å². The SMILES string of the molecule is C/C=C\c1[nH]cc(CC(N)C(N)=O)c1C. The molecule has 5 N–H and O–H groups in total. The summed E-state index contributed by atoms with van der Waals surface area (Å²) in [7, 11) is 0. The number of carbonyl (C=O) groups excluding carboxylic acids is 1. The monoisotopic (exact) mass is 207 g/mol. The second-order valence-corrected chi connectivity index (χ2v) is 3.57. The van der Waals surface area contributed by atoms with Crippen molar-refractivity contribution in [2.75, 3.05) is 0 Å². The lowest BCUT2D eigenvalue weighted by atomic mass is 10.0. The highest BCUT2D eigenvalue weighted by Gasteiger charge is 2.13. The van der Waals surface area contributed by atoms with E-state index in [1.165, 1.54) is 0 Å². The molecule has 4 heteroatoms. The number of hydrogen-bond acceptors (Lipinski definition) is 2. The number of primary amides is 1. The Labute approximate surface area is 89.3 Å². The number of H-pyrrole nitrogens is 1. The molecule has 1 aromatic heterocycles. The minimum absolute atomic E-state index is 0.469. The molecule has 1 unspecified atom stereocenters. The zero-order chi connectivity index (χ0) is 11.4. The molecule has 82 valence electrons. The van der Waals surface area contributed by atoms with Crippen molar-refractivity contribution in [2.24, 2.45) is 11.5 Å². The topological polar surface area (TPSA) is 84.9 Å². The van der Waals surface area contributed by atoms with Gasteiger partial charge < -0.3 is 16.5 Å². The number of carbonyl (C=O) groups is 1. The number of hydrogen-bond donors (Lipinski definition) is 3. The van der Waals surface area contributed by atoms with Crippen LogP contribution in [0.15, 0.2) is 12.3 Å². The smallest absolute Gasteiger partial charge is 0.234 e. The van der Waals surface area contributed by atoms with Crippen LogP contribution in [0.1, 0.15) is 23.7 Å². The average molecular weight is 207 g/mol. The van der Waals surface area contributed by atoms with Crippen LogP contribution in [0.3, 0.4) is 0 Å². The van der Waals surface area contributed by atoms with Gasteiger partial charge in [0.2, 0.25) is 5.91 Å². The first-order chi connectivity index (χ1) is 7.06. The first-order valence-electron chi connectivity index (χ1n) is 4.90. The van der Waals surface area contributed by atoms with Crippen LogP contribution in [-0.4, -0.2) is 16.9 Å². The highest BCUT2D eigenvalue weighted by molar-refractivity contribution is 5.80. The summed E-state index contributed by atoms with van der Waals surface area (Å²) < 4.78 is 0. The number of aromatic nitrogens is 1. The quantitative estimate of drug-likeness (QED) is 0.679. The molecule has 0 saturated carbocycles. The van der Waals surface area contributed by atoms with Gasteiger partial charge in [0.1, 0.15) is 0 Å². The predicted molar refractivity (Wildman–Crippen MR) is 61.1 cm³/mol. The molecule has 15 heavy (non-hydrogen) atoms. The Kier molecular flexibility index (Phi) is 3.68. The zero-order valence-electron chi connectivity index (χ0n) is 9.08. The number of amides is 1. The molecule has 0 aliphatic heterocycles. The standard InChI is InChI=1S/C11H17N3O/c1-3-4-10-7(2)8(6-14-10)5-9(12)11(13)15/h3-4,6,9,14H,5,12H2,1-2H3,(H2,13,15)/b4-3-. The van der Waals surface area contributed by atoms with E-state index < -0.39 is 11.9 Å². The van der Waals surface area contributed by atoms with Crippen molar-refractivity contribution in [1.29, 1.82) is 0 Å². The number of aromatic amines is 1. The lowest BCUT2D eigenvalue weighted by Crippen LogP contribution is -2.38. The Morgan fingerprint density at radius 1 is 1.67 bits per heavy atom. The minimum atomic E-state index is -0.613. The molecule has 0 aliphatic rings. The molecule has 0 radical (unpaired) electrons. The molecule has 0 spiro atoms. The Hall–Kier alpha value is -1.55. The fourth-order valence-electron chi connectivity index (χ4n) is 1.44. The second kappa shape index (κ2) is 4.79. The van der Waals surface area contributed by atoms with Crippen LogP contribution in [0, 0.1) is 6.92 Å². The zero-order valence-corrected chi connectivity index (χ0v) is 9.08. The van der Waals surface area contributed by atoms with Crippen LogP contribution in [0.4, 0.5) is 0 Å². The maximum Gasteiger partial charge on any atom is 0.234 e. The van der Waals surface area contributed by atoms with Gasteiger partial charge in [0, 0.05) is 11.9 Å². The van der Waals surface area contributed by atoms with Gasteiger partial charge in [-0.1, -0.05) is 6.08 Å². The maximum atomic E-state index is 10.8. The summed E-state index contributed by atoms with van der Waals surface area (Å²) in [4.78, 5) is 13.9. The highest BCUT2D eigenvalue weighted by atomic mass is 16.1. The van der Waals surface area contributed by atoms with E-state index in [9.17, 15) is 4.79 Å². The van der Waals surface area contributed by atoms with Crippen LogP contribution in [0.5, 0.6) is 0 Å². The van der Waals surface area contributed by atoms with Crippen molar-refractivity contribution in [1.82, 2.24) is 4.98 Å². The van der Waals surface area contributed by atoms with Gasteiger partial charge in [-0.25, -0.2) is 0 Å². The fourth-order valence-corrected chi connectivity index (χ4v) is 1.44. The van der Waals surface area contributed by atoms with Crippen LogP contribution in [-0.2, 0) is 11.2 Å². The van der Waals surface area contributed by atoms with Crippen molar-refractivity contribution in [3.63, 3.8) is 0 Å². The van der Waals surface area contributed by atoms with Crippen molar-refractivity contribution in [2.45, 2.75) is 26.3 Å². The number of rotatable bonds is 4. The van der Waals surface area contributed by atoms with E-state index in [4.69, 9.17) is 11.5 Å². The summed E-state index contributed by atoms with van der Waals surface area (Å²) in [6.45, 7) is 3.95. The number of nitrogens with one attached hydrogen (secondary N) is 1. The van der Waals surface area contributed by atoms with E-state index in [1.54, 1.807) is 0 Å². The summed E-state index contributed by atoms with van der Waals surface area (Å²) in [5.74, 6) is -0.469. The molecular weight excluding hydrogens is 190 g/mol. The van der Waals surface area contributed by atoms with Crippen molar-refractivity contribution >= 4 is 12.0 Å². The highest BCUT2D eigenvalue weighted by Crippen LogP contribution is 2.15. The minimum Gasteiger partial charge on any atom is -0.368 e. The van der Waals surface area contributed by atoms with E-state index in [0.29, 0.717) is 6.42 Å². The van der Waals surface area contributed by atoms with Gasteiger partial charge in [0.15, 0.2) is 0 Å². The average Bonchev–Trinajstić information content (AvgIpc) is 2.50. The van der Waals surface area contributed by atoms with Crippen molar-refractivity contribution in [3.8, 4) is 0 Å². The Morgan fingerprint density at radius 2 is 2.33 bits per heavy atom. The van der Waals surface area contributed by atoms with Crippen molar-refractivity contribution in [3.05, 3.63) is 29.1 Å². The largest absolute Gasteiger partial charge is 0.368 e. The lowest BCUT2D eigenvalue weighted by Gasteiger charge is -2.06. The lowest BCUT2D eigenvalue weighted by molar-refractivity contribution is -0.119. The molecule has 1 heterocycles. The molecule has 0 bridgehead atoms. The van der Waals surface area contributed by atoms with Gasteiger partial charge in [-0.3, -0.25) is 4.79 Å². The van der Waals surface area contributed by atoms with E-state index in [0.717, 1.165) is 16.8 Å². The number of nitrogens with two attached hydrogens (primary N) is 2. The molecule has 1 atom stereocenters. The molecule has 1 aromatic rings. The third-order valence-electron chi connectivity index (χ3n) is 2.43.